The van der Waals surface area contributed by atoms with Gasteiger partial charge in [0.15, 0.2) is 11.6 Å². The Bertz CT molecular complexity index is 1070. The van der Waals surface area contributed by atoms with Crippen molar-refractivity contribution in [2.24, 2.45) is 17.4 Å². The van der Waals surface area contributed by atoms with Crippen molar-refractivity contribution in [1.82, 2.24) is 14.8 Å². The molecule has 1 aromatic carbocycles. The molecule has 0 unspecified atom stereocenters. The summed E-state index contributed by atoms with van der Waals surface area (Å²) in [7, 11) is 0. The number of aromatic nitrogens is 3. The molecule has 0 aliphatic heterocycles. The van der Waals surface area contributed by atoms with Crippen molar-refractivity contribution in [2.45, 2.75) is 32.9 Å². The van der Waals surface area contributed by atoms with Gasteiger partial charge in [0.05, 0.1) is 23.8 Å². The maximum atomic E-state index is 14.6. The fourth-order valence-corrected chi connectivity index (χ4v) is 3.41. The van der Waals surface area contributed by atoms with Gasteiger partial charge in [0.25, 0.3) is 5.91 Å². The lowest BCUT2D eigenvalue weighted by Gasteiger charge is -2.21. The molecule has 0 spiro atoms. The fourth-order valence-electron chi connectivity index (χ4n) is 3.41. The number of nitrogens with zero attached hydrogens (tertiary/aromatic N) is 3. The number of nitrogens with two attached hydrogens (primary N) is 2. The highest BCUT2D eigenvalue weighted by atomic mass is 19.1. The predicted octanol–water partition coefficient (Wildman–Crippen LogP) is 3.17. The Morgan fingerprint density at radius 2 is 2.03 bits per heavy atom. The Hall–Kier alpha value is -3.27. The summed E-state index contributed by atoms with van der Waals surface area (Å²) in [6.45, 7) is 4.04. The highest BCUT2D eigenvalue weighted by Crippen LogP contribution is 2.27. The largest absolute Gasteiger partial charge is 0.365 e. The fraction of sp³-hybridized carbons (Fsp3) is 0.381. The second kappa shape index (κ2) is 9.69. The SMILES string of the molecule is CC(C)C[C@H](CN)Nc1nc(Nc2ccc3c(cnn3CCF)c2)c(C(N)=O)cc1F. The van der Waals surface area contributed by atoms with Gasteiger partial charge in [-0.2, -0.15) is 5.10 Å². The van der Waals surface area contributed by atoms with E-state index in [9.17, 15) is 13.6 Å². The first-order valence-corrected chi connectivity index (χ1v) is 10.1. The summed E-state index contributed by atoms with van der Waals surface area (Å²) < 4.78 is 28.8. The van der Waals surface area contributed by atoms with Crippen LogP contribution in [0.2, 0.25) is 0 Å². The number of carbonyl (C=O) groups is 1. The van der Waals surface area contributed by atoms with Gasteiger partial charge >= 0.3 is 0 Å². The van der Waals surface area contributed by atoms with E-state index >= 15 is 0 Å². The Labute approximate surface area is 179 Å². The number of carbonyl (C=O) groups excluding carboxylic acids is 1. The van der Waals surface area contributed by atoms with Crippen LogP contribution in [0.15, 0.2) is 30.5 Å². The third-order valence-electron chi connectivity index (χ3n) is 4.82. The lowest BCUT2D eigenvalue weighted by molar-refractivity contribution is 0.100. The van der Waals surface area contributed by atoms with Crippen LogP contribution < -0.4 is 22.1 Å². The van der Waals surface area contributed by atoms with Crippen molar-refractivity contribution in [3.8, 4) is 0 Å². The Kier molecular flexibility index (Phi) is 7.01. The summed E-state index contributed by atoms with van der Waals surface area (Å²) in [5.41, 5.74) is 12.5. The molecule has 0 aliphatic carbocycles. The number of halogens is 2. The molecule has 3 rings (SSSR count). The number of rotatable bonds is 10. The van der Waals surface area contributed by atoms with Crippen molar-refractivity contribution < 1.29 is 13.6 Å². The van der Waals surface area contributed by atoms with E-state index in [1.165, 1.54) is 0 Å². The van der Waals surface area contributed by atoms with E-state index in [-0.39, 0.29) is 29.8 Å². The minimum atomic E-state index is -0.810. The number of aryl methyl sites for hydroxylation is 1. The zero-order valence-electron chi connectivity index (χ0n) is 17.5. The second-order valence-corrected chi connectivity index (χ2v) is 7.74. The summed E-state index contributed by atoms with van der Waals surface area (Å²) >= 11 is 0. The number of hydrogen-bond donors (Lipinski definition) is 4. The van der Waals surface area contributed by atoms with Crippen LogP contribution >= 0.6 is 0 Å². The standard InChI is InChI=1S/C21H27F2N7O/c1-12(2)7-15(10-24)28-21-17(23)9-16(19(25)31)20(29-21)27-14-3-4-18-13(8-14)11-26-30(18)6-5-22/h3-4,8-9,11-12,15H,5-7,10,24H2,1-2H3,(H2,25,31)(H2,27,28,29)/t15-/m1/s1. The van der Waals surface area contributed by atoms with E-state index < -0.39 is 18.4 Å². The Balaban J connectivity index is 1.93. The lowest BCUT2D eigenvalue weighted by atomic mass is 10.0. The highest BCUT2D eigenvalue weighted by molar-refractivity contribution is 5.99. The molecule has 8 nitrogen and oxygen atoms in total. The van der Waals surface area contributed by atoms with E-state index in [4.69, 9.17) is 11.5 Å². The van der Waals surface area contributed by atoms with Gasteiger partial charge in [-0.3, -0.25) is 9.48 Å². The van der Waals surface area contributed by atoms with Crippen LogP contribution in [0.1, 0.15) is 30.6 Å². The molecule has 0 saturated heterocycles. The molecule has 1 amide bonds. The molecule has 31 heavy (non-hydrogen) atoms. The molecular formula is C21H27F2N7O. The van der Waals surface area contributed by atoms with Crippen molar-refractivity contribution in [1.29, 1.82) is 0 Å². The summed E-state index contributed by atoms with van der Waals surface area (Å²) in [4.78, 5) is 16.1. The molecule has 0 radical (unpaired) electrons. The molecular weight excluding hydrogens is 404 g/mol. The molecule has 0 fully saturated rings. The van der Waals surface area contributed by atoms with Crippen molar-refractivity contribution in [3.05, 3.63) is 41.8 Å². The van der Waals surface area contributed by atoms with Gasteiger partial charge in [-0.05, 0) is 36.6 Å². The molecule has 2 aromatic heterocycles. The van der Waals surface area contributed by atoms with Crippen LogP contribution in [0.3, 0.4) is 0 Å². The predicted molar refractivity (Wildman–Crippen MR) is 118 cm³/mol. The van der Waals surface area contributed by atoms with Gasteiger partial charge in [0, 0.05) is 23.7 Å². The average molecular weight is 431 g/mol. The van der Waals surface area contributed by atoms with Crippen LogP contribution in [0.4, 0.5) is 26.1 Å². The summed E-state index contributed by atoms with van der Waals surface area (Å²) in [6, 6.07) is 6.18. The Morgan fingerprint density at radius 1 is 1.26 bits per heavy atom. The first kappa shape index (κ1) is 22.4. The van der Waals surface area contributed by atoms with Crippen LogP contribution in [0.5, 0.6) is 0 Å². The first-order chi connectivity index (χ1) is 14.8. The number of benzene rings is 1. The number of fused-ring (bicyclic) bond motifs is 1. The normalized spacial score (nSPS) is 12.3. The van der Waals surface area contributed by atoms with Crippen molar-refractivity contribution in [2.75, 3.05) is 23.9 Å². The molecule has 0 saturated carbocycles. The third kappa shape index (κ3) is 5.26. The molecule has 0 aliphatic rings. The molecule has 10 heteroatoms. The van der Waals surface area contributed by atoms with E-state index in [1.54, 1.807) is 29.1 Å². The van der Waals surface area contributed by atoms with E-state index in [0.29, 0.717) is 18.2 Å². The van der Waals surface area contributed by atoms with E-state index in [0.717, 1.165) is 23.4 Å². The van der Waals surface area contributed by atoms with Crippen molar-refractivity contribution in [3.63, 3.8) is 0 Å². The monoisotopic (exact) mass is 431 g/mol. The van der Waals surface area contributed by atoms with Crippen molar-refractivity contribution >= 4 is 34.1 Å². The lowest BCUT2D eigenvalue weighted by Crippen LogP contribution is -2.31. The molecule has 166 valence electrons. The number of primary amides is 1. The van der Waals surface area contributed by atoms with Gasteiger partial charge in [0.2, 0.25) is 0 Å². The molecule has 2 heterocycles. The topological polar surface area (TPSA) is 124 Å². The van der Waals surface area contributed by atoms with Crippen LogP contribution in [-0.2, 0) is 6.54 Å². The average Bonchev–Trinajstić information content (AvgIpc) is 3.11. The van der Waals surface area contributed by atoms with Crippen LogP contribution in [-0.4, -0.2) is 39.9 Å². The van der Waals surface area contributed by atoms with Gasteiger partial charge in [-0.15, -0.1) is 0 Å². The number of nitrogens with one attached hydrogen (secondary N) is 2. The minimum absolute atomic E-state index is 0.0135. The molecule has 3 aromatic rings. The third-order valence-corrected chi connectivity index (χ3v) is 4.82. The zero-order valence-corrected chi connectivity index (χ0v) is 17.5. The van der Waals surface area contributed by atoms with Gasteiger partial charge in [0.1, 0.15) is 12.5 Å². The first-order valence-electron chi connectivity index (χ1n) is 10.1. The van der Waals surface area contributed by atoms with Gasteiger partial charge < -0.3 is 22.1 Å². The maximum Gasteiger partial charge on any atom is 0.252 e. The zero-order chi connectivity index (χ0) is 22.5. The smallest absolute Gasteiger partial charge is 0.252 e. The quantitative estimate of drug-likeness (QED) is 0.391. The van der Waals surface area contributed by atoms with Crippen LogP contribution in [0.25, 0.3) is 10.9 Å². The van der Waals surface area contributed by atoms with Crippen LogP contribution in [0, 0.1) is 11.7 Å². The highest BCUT2D eigenvalue weighted by Gasteiger charge is 2.19. The number of alkyl halides is 1. The number of hydrogen-bond acceptors (Lipinski definition) is 6. The number of amides is 1. The Morgan fingerprint density at radius 3 is 2.68 bits per heavy atom. The molecule has 1 atom stereocenters. The number of pyridine rings is 1. The van der Waals surface area contributed by atoms with Gasteiger partial charge in [-0.25, -0.2) is 13.8 Å². The van der Waals surface area contributed by atoms with E-state index in [2.05, 4.69) is 20.7 Å². The van der Waals surface area contributed by atoms with E-state index in [1.807, 2.05) is 13.8 Å². The maximum absolute atomic E-state index is 14.6. The number of anilines is 3. The summed E-state index contributed by atoms with van der Waals surface area (Å²) in [5, 5.41) is 11.0. The summed E-state index contributed by atoms with van der Waals surface area (Å²) in [6.07, 6.45) is 2.35. The molecule has 6 N–H and O–H groups in total. The minimum Gasteiger partial charge on any atom is -0.365 e. The molecule has 0 bridgehead atoms. The summed E-state index contributed by atoms with van der Waals surface area (Å²) in [5.74, 6) is -1.04. The van der Waals surface area contributed by atoms with Gasteiger partial charge in [-0.1, -0.05) is 13.8 Å². The second-order valence-electron chi connectivity index (χ2n) is 7.74.